The van der Waals surface area contributed by atoms with Gasteiger partial charge >= 0.3 is 0 Å². The smallest absolute Gasteiger partial charge is 0.0284 e. The largest absolute Gasteiger partial charge is 0.772 e. The van der Waals surface area contributed by atoms with E-state index in [1.165, 1.54) is 11.1 Å². The summed E-state index contributed by atoms with van der Waals surface area (Å²) in [6, 6.07) is 8.05. The van der Waals surface area contributed by atoms with Crippen molar-refractivity contribution in [3.05, 3.63) is 35.4 Å². The number of aryl methyl sites for hydroxylation is 1. The first kappa shape index (κ1) is 9.87. The van der Waals surface area contributed by atoms with E-state index >= 15 is 0 Å². The molecule has 76 valence electrons. The summed E-state index contributed by atoms with van der Waals surface area (Å²) in [6.45, 7) is 2.04. The first-order valence-corrected chi connectivity index (χ1v) is 5.97. The Morgan fingerprint density at radius 2 is 2.07 bits per heavy atom. The zero-order valence-electron chi connectivity index (χ0n) is 8.10. The van der Waals surface area contributed by atoms with Crippen LogP contribution in [-0.4, -0.2) is 14.0 Å². The summed E-state index contributed by atoms with van der Waals surface area (Å²) in [4.78, 5) is 0. The minimum absolute atomic E-state index is 0.156. The van der Waals surface area contributed by atoms with Crippen LogP contribution < -0.4 is 0 Å². The van der Waals surface area contributed by atoms with Crippen LogP contribution in [-0.2, 0) is 11.1 Å². The topological polar surface area (TPSA) is 40.1 Å². The van der Waals surface area contributed by atoms with Gasteiger partial charge in [-0.05, 0) is 36.8 Å². The molecule has 0 N–H and O–H groups in total. The third-order valence-corrected chi connectivity index (χ3v) is 4.10. The van der Waals surface area contributed by atoms with E-state index in [1.807, 2.05) is 31.2 Å². The van der Waals surface area contributed by atoms with Crippen molar-refractivity contribution in [2.24, 2.45) is 0 Å². The molecule has 1 aromatic rings. The van der Waals surface area contributed by atoms with Gasteiger partial charge in [-0.2, -0.15) is 0 Å². The molecule has 2 nitrogen and oxygen atoms in total. The van der Waals surface area contributed by atoms with Crippen molar-refractivity contribution in [1.29, 1.82) is 0 Å². The third-order valence-electron chi connectivity index (χ3n) is 3.05. The molecule has 3 heteroatoms. The maximum absolute atomic E-state index is 10.9. The second kappa shape index (κ2) is 3.83. The van der Waals surface area contributed by atoms with Gasteiger partial charge in [-0.1, -0.05) is 35.3 Å². The van der Waals surface area contributed by atoms with E-state index in [-0.39, 0.29) is 11.2 Å². The predicted octanol–water partition coefficient (Wildman–Crippen LogP) is 2.12. The minimum Gasteiger partial charge on any atom is -0.772 e. The van der Waals surface area contributed by atoms with Gasteiger partial charge in [-0.3, -0.25) is 4.21 Å². The molecule has 3 unspecified atom stereocenters. The number of hydrogen-bond acceptors (Lipinski definition) is 2. The normalized spacial score (nSPS) is 28.1. The van der Waals surface area contributed by atoms with E-state index in [2.05, 4.69) is 0 Å². The molecule has 0 radical (unpaired) electrons. The van der Waals surface area contributed by atoms with Crippen molar-refractivity contribution in [2.45, 2.75) is 30.9 Å². The summed E-state index contributed by atoms with van der Waals surface area (Å²) in [6.07, 6.45) is 1.82. The summed E-state index contributed by atoms with van der Waals surface area (Å²) >= 11 is -1.91. The van der Waals surface area contributed by atoms with Crippen molar-refractivity contribution in [1.82, 2.24) is 0 Å². The maximum Gasteiger partial charge on any atom is 0.0284 e. The lowest BCUT2D eigenvalue weighted by atomic mass is 9.78. The lowest BCUT2D eigenvalue weighted by Crippen LogP contribution is -2.33. The number of hydrogen-bond donors (Lipinski definition) is 0. The molecule has 1 fully saturated rings. The predicted molar refractivity (Wildman–Crippen MR) is 55.9 cm³/mol. The van der Waals surface area contributed by atoms with Crippen LogP contribution in [0.15, 0.2) is 24.3 Å². The molecule has 1 aromatic carbocycles. The van der Waals surface area contributed by atoms with Gasteiger partial charge in [0.25, 0.3) is 0 Å². The fraction of sp³-hybridized carbons (Fsp3) is 0.455. The summed E-state index contributed by atoms with van der Waals surface area (Å²) in [5.74, 6) is 0.231. The summed E-state index contributed by atoms with van der Waals surface area (Å²) in [5, 5.41) is -0.156. The van der Waals surface area contributed by atoms with Crippen molar-refractivity contribution in [3.63, 3.8) is 0 Å². The van der Waals surface area contributed by atoms with Crippen LogP contribution in [0.2, 0.25) is 0 Å². The van der Waals surface area contributed by atoms with Crippen LogP contribution in [0.1, 0.15) is 29.9 Å². The fourth-order valence-electron chi connectivity index (χ4n) is 2.06. The van der Waals surface area contributed by atoms with Crippen molar-refractivity contribution in [3.8, 4) is 0 Å². The fourth-order valence-corrected chi connectivity index (χ4v) is 2.94. The molecule has 3 atom stereocenters. The van der Waals surface area contributed by atoms with Gasteiger partial charge in [0.05, 0.1) is 0 Å². The van der Waals surface area contributed by atoms with Crippen LogP contribution in [0.5, 0.6) is 0 Å². The molecule has 0 aliphatic heterocycles. The van der Waals surface area contributed by atoms with E-state index in [9.17, 15) is 8.76 Å². The van der Waals surface area contributed by atoms with Crippen LogP contribution in [0, 0.1) is 6.92 Å². The molecule has 0 aromatic heterocycles. The minimum atomic E-state index is -1.91. The van der Waals surface area contributed by atoms with Gasteiger partial charge in [-0.25, -0.2) is 0 Å². The third kappa shape index (κ3) is 1.62. The Hall–Kier alpha value is -0.670. The molecular weight excluding hydrogens is 196 g/mol. The molecular formula is C11H13O2S-. The molecule has 0 spiro atoms. The Morgan fingerprint density at radius 1 is 1.36 bits per heavy atom. The van der Waals surface area contributed by atoms with E-state index in [0.717, 1.165) is 12.8 Å². The molecule has 1 saturated carbocycles. The Morgan fingerprint density at radius 3 is 2.57 bits per heavy atom. The zero-order valence-corrected chi connectivity index (χ0v) is 8.92. The first-order valence-electron chi connectivity index (χ1n) is 4.83. The highest BCUT2D eigenvalue weighted by molar-refractivity contribution is 7.79. The van der Waals surface area contributed by atoms with E-state index in [1.54, 1.807) is 0 Å². The van der Waals surface area contributed by atoms with Gasteiger partial charge in [0.15, 0.2) is 0 Å². The monoisotopic (exact) mass is 209 g/mol. The summed E-state index contributed by atoms with van der Waals surface area (Å²) < 4.78 is 21.8. The Kier molecular flexibility index (Phi) is 2.70. The number of rotatable bonds is 2. The van der Waals surface area contributed by atoms with Crippen LogP contribution >= 0.6 is 0 Å². The number of benzene rings is 1. The SMILES string of the molecule is Cc1ccccc1C1CCC1S(=O)[O-]. The van der Waals surface area contributed by atoms with Gasteiger partial charge < -0.3 is 4.55 Å². The molecule has 2 rings (SSSR count). The second-order valence-corrected chi connectivity index (χ2v) is 4.97. The molecule has 0 heterocycles. The molecule has 0 amide bonds. The zero-order chi connectivity index (χ0) is 10.1. The van der Waals surface area contributed by atoms with E-state index in [4.69, 9.17) is 0 Å². The second-order valence-electron chi connectivity index (χ2n) is 3.84. The van der Waals surface area contributed by atoms with E-state index < -0.39 is 11.1 Å². The van der Waals surface area contributed by atoms with E-state index in [0.29, 0.717) is 0 Å². The molecule has 0 saturated heterocycles. The molecule has 0 bridgehead atoms. The molecule has 1 aliphatic rings. The quantitative estimate of drug-likeness (QED) is 0.700. The summed E-state index contributed by atoms with van der Waals surface area (Å²) in [5.41, 5.74) is 2.40. The van der Waals surface area contributed by atoms with Crippen molar-refractivity contribution >= 4 is 11.1 Å². The first-order chi connectivity index (χ1) is 6.70. The van der Waals surface area contributed by atoms with Gasteiger partial charge in [-0.15, -0.1) is 0 Å². The van der Waals surface area contributed by atoms with Crippen LogP contribution in [0.3, 0.4) is 0 Å². The standard InChI is InChI=1S/C11H14O2S/c1-8-4-2-3-5-9(8)10-6-7-11(10)14(12)13/h2-5,10-11H,6-7H2,1H3,(H,12,13)/p-1. The van der Waals surface area contributed by atoms with Gasteiger partial charge in [0, 0.05) is 5.25 Å². The highest BCUT2D eigenvalue weighted by Gasteiger charge is 2.33. The van der Waals surface area contributed by atoms with Crippen LogP contribution in [0.25, 0.3) is 0 Å². The van der Waals surface area contributed by atoms with Gasteiger partial charge in [0.2, 0.25) is 0 Å². The lowest BCUT2D eigenvalue weighted by Gasteiger charge is -2.39. The van der Waals surface area contributed by atoms with Crippen molar-refractivity contribution < 1.29 is 8.76 Å². The lowest BCUT2D eigenvalue weighted by molar-refractivity contribution is 0.395. The summed E-state index contributed by atoms with van der Waals surface area (Å²) in [7, 11) is 0. The highest BCUT2D eigenvalue weighted by atomic mass is 32.2. The molecule has 14 heavy (non-hydrogen) atoms. The Bertz CT molecular complexity index is 362. The van der Waals surface area contributed by atoms with Crippen molar-refractivity contribution in [2.75, 3.05) is 0 Å². The average molecular weight is 209 g/mol. The average Bonchev–Trinajstić information content (AvgIpc) is 2.05. The Labute approximate surface area is 86.6 Å². The maximum atomic E-state index is 10.9. The van der Waals surface area contributed by atoms with Gasteiger partial charge in [0.1, 0.15) is 0 Å². The highest BCUT2D eigenvalue weighted by Crippen LogP contribution is 2.40. The van der Waals surface area contributed by atoms with Crippen LogP contribution in [0.4, 0.5) is 0 Å². The Balaban J connectivity index is 2.24. The molecule has 1 aliphatic carbocycles.